The number of urea groups is 1. The second kappa shape index (κ2) is 13.9. The lowest BCUT2D eigenvalue weighted by Crippen LogP contribution is -2.61. The van der Waals surface area contributed by atoms with Crippen LogP contribution in [0.15, 0.2) is 18.2 Å². The summed E-state index contributed by atoms with van der Waals surface area (Å²) >= 11 is 0. The summed E-state index contributed by atoms with van der Waals surface area (Å²) in [4.78, 5) is 15.5. The molecule has 3 N–H and O–H groups in total. The number of hydrogen-bond donors (Lipinski definition) is 3. The Kier molecular flexibility index (Phi) is 12.3. The smallest absolute Gasteiger partial charge is 0.393 e. The summed E-state index contributed by atoms with van der Waals surface area (Å²) in [5.74, 6) is 0. The van der Waals surface area contributed by atoms with Crippen LogP contribution in [0.5, 0.6) is 0 Å². The maximum absolute atomic E-state index is 12.8. The molecule has 1 fully saturated rings. The topological polar surface area (TPSA) is 67.8 Å². The van der Waals surface area contributed by atoms with E-state index in [-0.39, 0.29) is 18.2 Å². The zero-order chi connectivity index (χ0) is 26.8. The van der Waals surface area contributed by atoms with Crippen molar-refractivity contribution in [2.24, 2.45) is 0 Å². The predicted molar refractivity (Wildman–Crippen MR) is 123 cm³/mol. The van der Waals surface area contributed by atoms with Crippen molar-refractivity contribution in [1.29, 1.82) is 0 Å². The summed E-state index contributed by atoms with van der Waals surface area (Å²) in [5.41, 5.74) is -3.47. The van der Waals surface area contributed by atoms with E-state index in [2.05, 4.69) is 22.5 Å². The van der Waals surface area contributed by atoms with Crippen LogP contribution in [0.1, 0.15) is 51.2 Å². The van der Waals surface area contributed by atoms with E-state index in [0.717, 1.165) is 38.9 Å². The number of benzene rings is 1. The van der Waals surface area contributed by atoms with Gasteiger partial charge in [0, 0.05) is 24.8 Å². The normalized spacial score (nSPS) is 15.4. The molecule has 0 spiro atoms. The third-order valence-corrected chi connectivity index (χ3v) is 5.56. The van der Waals surface area contributed by atoms with Crippen molar-refractivity contribution in [2.75, 3.05) is 45.1 Å². The van der Waals surface area contributed by atoms with Crippen LogP contribution in [-0.2, 0) is 12.4 Å². The molecular formula is C23H36F6N4O2. The van der Waals surface area contributed by atoms with Crippen molar-refractivity contribution in [1.82, 2.24) is 15.1 Å². The molecule has 1 atom stereocenters. The number of halogens is 6. The van der Waals surface area contributed by atoms with Gasteiger partial charge in [-0.05, 0) is 64.1 Å². The number of nitrogens with one attached hydrogen (secondary N) is 2. The molecule has 6 nitrogen and oxygen atoms in total. The second-order valence-electron chi connectivity index (χ2n) is 8.47. The van der Waals surface area contributed by atoms with Crippen LogP contribution in [0.3, 0.4) is 0 Å². The number of alkyl halides is 6. The average Bonchev–Trinajstić information content (AvgIpc) is 2.72. The van der Waals surface area contributed by atoms with Crippen LogP contribution in [0, 0.1) is 0 Å². The molecular weight excluding hydrogens is 478 g/mol. The minimum absolute atomic E-state index is 0.0228. The molecule has 0 aromatic heterocycles. The molecule has 35 heavy (non-hydrogen) atoms. The maximum Gasteiger partial charge on any atom is 0.416 e. The van der Waals surface area contributed by atoms with E-state index in [1.807, 2.05) is 20.9 Å². The highest BCUT2D eigenvalue weighted by molar-refractivity contribution is 5.90. The molecule has 1 unspecified atom stereocenters. The van der Waals surface area contributed by atoms with Gasteiger partial charge in [-0.2, -0.15) is 26.3 Å². The number of anilines is 1. The van der Waals surface area contributed by atoms with Crippen molar-refractivity contribution in [2.45, 2.75) is 64.5 Å². The van der Waals surface area contributed by atoms with Gasteiger partial charge in [-0.1, -0.05) is 20.8 Å². The summed E-state index contributed by atoms with van der Waals surface area (Å²) in [6.45, 7) is 9.58. The lowest BCUT2D eigenvalue weighted by Gasteiger charge is -2.43. The molecule has 1 aliphatic heterocycles. The largest absolute Gasteiger partial charge is 0.416 e. The average molecular weight is 515 g/mol. The summed E-state index contributed by atoms with van der Waals surface area (Å²) < 4.78 is 77.0. The van der Waals surface area contributed by atoms with Crippen LogP contribution in [0.2, 0.25) is 0 Å². The van der Waals surface area contributed by atoms with Crippen LogP contribution in [-0.4, -0.2) is 72.9 Å². The monoisotopic (exact) mass is 514 g/mol. The molecule has 0 bridgehead atoms. The minimum Gasteiger partial charge on any atom is -0.393 e. The van der Waals surface area contributed by atoms with Gasteiger partial charge in [0.25, 0.3) is 0 Å². The molecule has 12 heteroatoms. The van der Waals surface area contributed by atoms with E-state index < -0.39 is 35.2 Å². The standard InChI is InChI=1S/C16H19F6N3O.C7H17NO/c1-3-4-24(2)13-8-25(9-13)14(26)23-12-6-10(15(17,18)19)5-11(7-12)16(20,21)22;1-3-7(9)5-6-8-4-2/h5-7,13H,3-4,8-9H2,1-2H3,(H,23,26);7-9H,3-6H2,1-2H3. The second-order valence-corrected chi connectivity index (χ2v) is 8.47. The number of amides is 2. The molecule has 1 aromatic rings. The fraction of sp³-hybridized carbons (Fsp3) is 0.696. The summed E-state index contributed by atoms with van der Waals surface area (Å²) in [6, 6.07) is 0.419. The number of aliphatic hydroxyl groups is 1. The number of carbonyl (C=O) groups is 1. The predicted octanol–water partition coefficient (Wildman–Crippen LogP) is 5.04. The van der Waals surface area contributed by atoms with E-state index in [4.69, 9.17) is 5.11 Å². The SMILES string of the molecule is CCCN(C)C1CN(C(=O)Nc2cc(C(F)(F)F)cc(C(F)(F)F)c2)C1.CCNCCC(O)CC. The molecule has 2 rings (SSSR count). The zero-order valence-electron chi connectivity index (χ0n) is 20.6. The Morgan fingerprint density at radius 1 is 1.09 bits per heavy atom. The Labute approximate surface area is 202 Å². The van der Waals surface area contributed by atoms with Gasteiger partial charge < -0.3 is 20.6 Å². The van der Waals surface area contributed by atoms with Gasteiger partial charge in [0.15, 0.2) is 0 Å². The third kappa shape index (κ3) is 10.6. The highest BCUT2D eigenvalue weighted by Crippen LogP contribution is 2.37. The first kappa shape index (κ1) is 31.0. The van der Waals surface area contributed by atoms with Gasteiger partial charge >= 0.3 is 18.4 Å². The lowest BCUT2D eigenvalue weighted by atomic mass is 10.1. The summed E-state index contributed by atoms with van der Waals surface area (Å²) in [5, 5.41) is 14.3. The third-order valence-electron chi connectivity index (χ3n) is 5.56. The van der Waals surface area contributed by atoms with Crippen LogP contribution in [0.25, 0.3) is 0 Å². The Hall–Kier alpha value is -2.05. The summed E-state index contributed by atoms with van der Waals surface area (Å²) in [6.07, 6.45) is -7.33. The molecule has 0 aliphatic carbocycles. The Bertz CT molecular complexity index is 750. The molecule has 1 saturated heterocycles. The Morgan fingerprint density at radius 3 is 2.06 bits per heavy atom. The Balaban J connectivity index is 0.000000579. The molecule has 2 amide bonds. The molecule has 1 heterocycles. The van der Waals surface area contributed by atoms with Gasteiger partial charge in [-0.15, -0.1) is 0 Å². The van der Waals surface area contributed by atoms with Gasteiger partial charge in [-0.25, -0.2) is 4.79 Å². The van der Waals surface area contributed by atoms with Crippen LogP contribution in [0.4, 0.5) is 36.8 Å². The van der Waals surface area contributed by atoms with E-state index >= 15 is 0 Å². The quantitative estimate of drug-likeness (QED) is 0.319. The van der Waals surface area contributed by atoms with E-state index in [0.29, 0.717) is 25.2 Å². The highest BCUT2D eigenvalue weighted by Gasteiger charge is 2.38. The highest BCUT2D eigenvalue weighted by atomic mass is 19.4. The number of carbonyl (C=O) groups excluding carboxylic acids is 1. The number of hydrogen-bond acceptors (Lipinski definition) is 4. The number of likely N-dealkylation sites (N-methyl/N-ethyl adjacent to an activating group) is 1. The molecule has 1 aromatic carbocycles. The van der Waals surface area contributed by atoms with Crippen molar-refractivity contribution in [3.8, 4) is 0 Å². The van der Waals surface area contributed by atoms with Gasteiger partial charge in [0.2, 0.25) is 0 Å². The molecule has 202 valence electrons. The fourth-order valence-corrected chi connectivity index (χ4v) is 3.31. The molecule has 1 aliphatic rings. The van der Waals surface area contributed by atoms with E-state index in [1.54, 1.807) is 0 Å². The van der Waals surface area contributed by atoms with Crippen molar-refractivity contribution in [3.05, 3.63) is 29.3 Å². The first-order valence-electron chi connectivity index (χ1n) is 11.7. The maximum atomic E-state index is 12.8. The molecule has 0 radical (unpaired) electrons. The van der Waals surface area contributed by atoms with E-state index in [1.165, 1.54) is 4.90 Å². The van der Waals surface area contributed by atoms with Crippen molar-refractivity contribution < 1.29 is 36.2 Å². The van der Waals surface area contributed by atoms with E-state index in [9.17, 15) is 31.1 Å². The summed E-state index contributed by atoms with van der Waals surface area (Å²) in [7, 11) is 1.89. The minimum atomic E-state index is -4.95. The van der Waals surface area contributed by atoms with Gasteiger partial charge in [-0.3, -0.25) is 4.90 Å². The fourth-order valence-electron chi connectivity index (χ4n) is 3.31. The number of rotatable bonds is 9. The van der Waals surface area contributed by atoms with Crippen LogP contribution >= 0.6 is 0 Å². The van der Waals surface area contributed by atoms with Crippen molar-refractivity contribution in [3.63, 3.8) is 0 Å². The van der Waals surface area contributed by atoms with Crippen LogP contribution < -0.4 is 10.6 Å². The lowest BCUT2D eigenvalue weighted by molar-refractivity contribution is -0.143. The first-order chi connectivity index (χ1) is 16.2. The zero-order valence-corrected chi connectivity index (χ0v) is 20.6. The number of likely N-dealkylation sites (tertiary alicyclic amines) is 1. The molecule has 0 saturated carbocycles. The Morgan fingerprint density at radius 2 is 1.63 bits per heavy atom. The number of nitrogens with zero attached hydrogens (tertiary/aromatic N) is 2. The van der Waals surface area contributed by atoms with Gasteiger partial charge in [0.05, 0.1) is 17.2 Å². The first-order valence-corrected chi connectivity index (χ1v) is 11.7. The van der Waals surface area contributed by atoms with Crippen molar-refractivity contribution >= 4 is 11.7 Å². The number of aliphatic hydroxyl groups excluding tert-OH is 1. The van der Waals surface area contributed by atoms with Gasteiger partial charge in [0.1, 0.15) is 0 Å².